The molecule has 0 unspecified atom stereocenters. The van der Waals surface area contributed by atoms with Crippen LogP contribution >= 0.6 is 27.3 Å². The first kappa shape index (κ1) is 11.6. The van der Waals surface area contributed by atoms with Crippen LogP contribution in [-0.4, -0.2) is 19.5 Å². The van der Waals surface area contributed by atoms with Crippen molar-refractivity contribution in [3.63, 3.8) is 0 Å². The second kappa shape index (κ2) is 4.03. The normalized spacial score (nSPS) is 11.3. The van der Waals surface area contributed by atoms with E-state index in [0.717, 1.165) is 14.2 Å². The third-order valence-corrected chi connectivity index (χ3v) is 4.83. The highest BCUT2D eigenvalue weighted by Gasteiger charge is 2.14. The fourth-order valence-electron chi connectivity index (χ4n) is 1.82. The summed E-state index contributed by atoms with van der Waals surface area (Å²) in [5.41, 5.74) is 0.799. The molecule has 0 spiro atoms. The predicted molar refractivity (Wildman–Crippen MR) is 74.9 cm³/mol. The number of fused-ring (bicyclic) bond motifs is 1. The second-order valence-corrected chi connectivity index (χ2v) is 6.27. The molecule has 0 amide bonds. The number of aromatic amines is 1. The van der Waals surface area contributed by atoms with Gasteiger partial charge < -0.3 is 9.55 Å². The highest BCUT2D eigenvalue weighted by molar-refractivity contribution is 9.11. The van der Waals surface area contributed by atoms with Gasteiger partial charge in [0.2, 0.25) is 0 Å². The molecule has 5 nitrogen and oxygen atoms in total. The van der Waals surface area contributed by atoms with E-state index in [2.05, 4.69) is 30.9 Å². The van der Waals surface area contributed by atoms with Crippen molar-refractivity contribution in [2.24, 2.45) is 7.05 Å². The predicted octanol–water partition coefficient (Wildman–Crippen LogP) is 2.46. The summed E-state index contributed by atoms with van der Waals surface area (Å²) in [6.07, 6.45) is 3.49. The van der Waals surface area contributed by atoms with Gasteiger partial charge in [0.05, 0.1) is 9.17 Å². The van der Waals surface area contributed by atoms with Crippen molar-refractivity contribution in [3.05, 3.63) is 32.1 Å². The minimum absolute atomic E-state index is 0.127. The van der Waals surface area contributed by atoms with Gasteiger partial charge in [-0.1, -0.05) is 0 Å². The Labute approximate surface area is 115 Å². The standard InChI is InChI=1S/C11H9BrN4OS/c1-5-6-10(17)14-8(9-13-3-4-16(9)2)15-11(6)18-7(5)12/h3-4H,1-2H3,(H,14,15,17). The van der Waals surface area contributed by atoms with Gasteiger partial charge in [-0.15, -0.1) is 11.3 Å². The Bertz CT molecular complexity index is 801. The van der Waals surface area contributed by atoms with Crippen LogP contribution in [0.2, 0.25) is 0 Å². The summed E-state index contributed by atoms with van der Waals surface area (Å²) in [6.45, 7) is 1.90. The van der Waals surface area contributed by atoms with E-state index in [0.29, 0.717) is 17.0 Å². The number of aromatic nitrogens is 4. The van der Waals surface area contributed by atoms with Gasteiger partial charge in [-0.25, -0.2) is 9.97 Å². The molecular formula is C11H9BrN4OS. The Morgan fingerprint density at radius 1 is 1.50 bits per heavy atom. The molecule has 0 saturated carbocycles. The number of halogens is 1. The van der Waals surface area contributed by atoms with E-state index in [-0.39, 0.29) is 5.56 Å². The molecule has 7 heteroatoms. The highest BCUT2D eigenvalue weighted by Crippen LogP contribution is 2.32. The van der Waals surface area contributed by atoms with Crippen LogP contribution in [0.5, 0.6) is 0 Å². The SMILES string of the molecule is Cc1c(Br)sc2nc(-c3nccn3C)[nH]c(=O)c12. The van der Waals surface area contributed by atoms with Crippen molar-refractivity contribution in [2.75, 3.05) is 0 Å². The van der Waals surface area contributed by atoms with Gasteiger partial charge in [-0.05, 0) is 28.4 Å². The number of hydrogen-bond acceptors (Lipinski definition) is 4. The van der Waals surface area contributed by atoms with Gasteiger partial charge in [0, 0.05) is 19.4 Å². The largest absolute Gasteiger partial charge is 0.331 e. The van der Waals surface area contributed by atoms with E-state index in [1.54, 1.807) is 6.20 Å². The van der Waals surface area contributed by atoms with Crippen LogP contribution in [0, 0.1) is 6.92 Å². The Kier molecular flexibility index (Phi) is 2.60. The Hall–Kier alpha value is -1.47. The summed E-state index contributed by atoms with van der Waals surface area (Å²) in [7, 11) is 1.86. The van der Waals surface area contributed by atoms with Gasteiger partial charge in [-0.3, -0.25) is 4.79 Å². The summed E-state index contributed by atoms with van der Waals surface area (Å²) in [6, 6.07) is 0. The van der Waals surface area contributed by atoms with Crippen molar-refractivity contribution in [1.82, 2.24) is 19.5 Å². The molecule has 3 aromatic rings. The fourth-order valence-corrected chi connectivity index (χ4v) is 3.38. The number of rotatable bonds is 1. The van der Waals surface area contributed by atoms with Gasteiger partial charge in [0.25, 0.3) is 5.56 Å². The van der Waals surface area contributed by atoms with Crippen LogP contribution in [0.4, 0.5) is 0 Å². The number of aryl methyl sites for hydroxylation is 2. The van der Waals surface area contributed by atoms with Gasteiger partial charge in [0.1, 0.15) is 4.83 Å². The lowest BCUT2D eigenvalue weighted by Crippen LogP contribution is -2.10. The van der Waals surface area contributed by atoms with Crippen molar-refractivity contribution in [3.8, 4) is 11.6 Å². The molecule has 3 rings (SSSR count). The molecule has 0 aliphatic rings. The smallest absolute Gasteiger partial charge is 0.260 e. The van der Waals surface area contributed by atoms with E-state index in [4.69, 9.17) is 0 Å². The van der Waals surface area contributed by atoms with E-state index in [1.807, 2.05) is 24.7 Å². The van der Waals surface area contributed by atoms with E-state index < -0.39 is 0 Å². The zero-order valence-corrected chi connectivity index (χ0v) is 12.1. The maximum absolute atomic E-state index is 12.1. The van der Waals surface area contributed by atoms with Crippen LogP contribution < -0.4 is 5.56 Å². The summed E-state index contributed by atoms with van der Waals surface area (Å²) in [4.78, 5) is 24.3. The van der Waals surface area contributed by atoms with Crippen LogP contribution in [0.15, 0.2) is 21.0 Å². The zero-order chi connectivity index (χ0) is 12.9. The molecule has 3 aromatic heterocycles. The number of hydrogen-bond donors (Lipinski definition) is 1. The van der Waals surface area contributed by atoms with Crippen LogP contribution in [0.3, 0.4) is 0 Å². The molecule has 1 N–H and O–H groups in total. The Morgan fingerprint density at radius 2 is 2.28 bits per heavy atom. The minimum Gasteiger partial charge on any atom is -0.331 e. The highest BCUT2D eigenvalue weighted by atomic mass is 79.9. The average molecular weight is 325 g/mol. The number of thiophene rings is 1. The van der Waals surface area contributed by atoms with Gasteiger partial charge in [-0.2, -0.15) is 0 Å². The molecule has 92 valence electrons. The average Bonchev–Trinajstić information content (AvgIpc) is 2.84. The lowest BCUT2D eigenvalue weighted by Gasteiger charge is -2.00. The summed E-state index contributed by atoms with van der Waals surface area (Å²) < 4.78 is 2.76. The third-order valence-electron chi connectivity index (χ3n) is 2.78. The lowest BCUT2D eigenvalue weighted by molar-refractivity contribution is 0.907. The van der Waals surface area contributed by atoms with E-state index in [1.165, 1.54) is 11.3 Å². The first-order chi connectivity index (χ1) is 8.58. The summed E-state index contributed by atoms with van der Waals surface area (Å²) >= 11 is 4.89. The molecule has 0 fully saturated rings. The van der Waals surface area contributed by atoms with E-state index >= 15 is 0 Å². The molecule has 0 aliphatic carbocycles. The topological polar surface area (TPSA) is 63.6 Å². The first-order valence-corrected chi connectivity index (χ1v) is 6.85. The van der Waals surface area contributed by atoms with Crippen LogP contribution in [0.1, 0.15) is 5.56 Å². The molecule has 0 aliphatic heterocycles. The number of imidazole rings is 1. The molecule has 18 heavy (non-hydrogen) atoms. The maximum Gasteiger partial charge on any atom is 0.260 e. The molecule has 3 heterocycles. The third kappa shape index (κ3) is 1.62. The Balaban J connectivity index is 2.35. The molecule has 0 aromatic carbocycles. The molecule has 0 radical (unpaired) electrons. The maximum atomic E-state index is 12.1. The first-order valence-electron chi connectivity index (χ1n) is 5.24. The van der Waals surface area contributed by atoms with Crippen molar-refractivity contribution < 1.29 is 0 Å². The fraction of sp³-hybridized carbons (Fsp3) is 0.182. The number of H-pyrrole nitrogens is 1. The van der Waals surface area contributed by atoms with Crippen LogP contribution in [0.25, 0.3) is 21.9 Å². The summed E-state index contributed by atoms with van der Waals surface area (Å²) in [5.74, 6) is 1.14. The lowest BCUT2D eigenvalue weighted by atomic mass is 10.3. The molecule has 0 bridgehead atoms. The minimum atomic E-state index is -0.127. The van der Waals surface area contributed by atoms with Gasteiger partial charge in [0.15, 0.2) is 11.6 Å². The zero-order valence-electron chi connectivity index (χ0n) is 9.69. The Morgan fingerprint density at radius 3 is 2.94 bits per heavy atom. The van der Waals surface area contributed by atoms with Crippen molar-refractivity contribution in [2.45, 2.75) is 6.92 Å². The molecule has 0 saturated heterocycles. The van der Waals surface area contributed by atoms with E-state index in [9.17, 15) is 4.79 Å². The van der Waals surface area contributed by atoms with Gasteiger partial charge >= 0.3 is 0 Å². The van der Waals surface area contributed by atoms with Crippen LogP contribution in [-0.2, 0) is 7.05 Å². The second-order valence-electron chi connectivity index (χ2n) is 3.96. The number of nitrogens with zero attached hydrogens (tertiary/aromatic N) is 3. The quantitative estimate of drug-likeness (QED) is 0.747. The van der Waals surface area contributed by atoms with Crippen molar-refractivity contribution in [1.29, 1.82) is 0 Å². The van der Waals surface area contributed by atoms with Crippen molar-refractivity contribution >= 4 is 37.5 Å². The monoisotopic (exact) mass is 324 g/mol. The summed E-state index contributed by atoms with van der Waals surface area (Å²) in [5, 5.41) is 0.643. The molecular weight excluding hydrogens is 316 g/mol. The molecule has 0 atom stereocenters. The number of nitrogens with one attached hydrogen (secondary N) is 1.